The van der Waals surface area contributed by atoms with Crippen molar-refractivity contribution >= 4 is 29.9 Å². The molecule has 1 aliphatic heterocycles. The Balaban J connectivity index is 1.02. The standard InChI is InChI=1S/C39H56N8O7/c1-38(2,3)54-37(52)43-39(4,5)33(48)44-18-20-45(21-19-44)35(50)41-32-16-17-46(36(51)42-32)29-10-8-27-23-30(11-9-26(27)22-29)47(24-25-6-7-25)28-12-14-31(15-13-28)53-34(40)49/h8,10,16-17,22,25,28,30-31H,6-7,9,11-15,18-21,23-24H2,1-5H3,(H2,40,49)(H,43,52)(H,41,42,50,51). The Kier molecular flexibility index (Phi) is 11.6. The van der Waals surface area contributed by atoms with E-state index in [2.05, 4.69) is 32.7 Å². The molecule has 15 heteroatoms. The molecular formula is C39H56N8O7. The maximum Gasteiger partial charge on any atom is 0.408 e. The third-order valence-electron chi connectivity index (χ3n) is 10.9. The van der Waals surface area contributed by atoms with Gasteiger partial charge in [0.2, 0.25) is 5.91 Å². The van der Waals surface area contributed by atoms with Crippen LogP contribution in [0.2, 0.25) is 0 Å². The molecule has 1 saturated heterocycles. The van der Waals surface area contributed by atoms with E-state index in [-0.39, 0.29) is 44.0 Å². The zero-order valence-corrected chi connectivity index (χ0v) is 32.3. The Hall–Kier alpha value is -4.66. The lowest BCUT2D eigenvalue weighted by Gasteiger charge is -2.43. The van der Waals surface area contributed by atoms with Gasteiger partial charge in [0.15, 0.2) is 0 Å². The van der Waals surface area contributed by atoms with Crippen LogP contribution in [-0.2, 0) is 27.1 Å². The highest BCUT2D eigenvalue weighted by Crippen LogP contribution is 2.37. The molecule has 5 amide bonds. The molecule has 0 radical (unpaired) electrons. The van der Waals surface area contributed by atoms with E-state index in [0.717, 1.165) is 63.1 Å². The first-order valence-electron chi connectivity index (χ1n) is 19.3. The minimum absolute atomic E-state index is 0.0776. The molecule has 1 unspecified atom stereocenters. The predicted octanol–water partition coefficient (Wildman–Crippen LogP) is 4.19. The number of hydrogen-bond donors (Lipinski definition) is 3. The molecule has 3 aliphatic carbocycles. The van der Waals surface area contributed by atoms with Gasteiger partial charge in [0, 0.05) is 51.0 Å². The van der Waals surface area contributed by atoms with E-state index in [9.17, 15) is 24.0 Å². The van der Waals surface area contributed by atoms with Crippen LogP contribution in [0.25, 0.3) is 5.69 Å². The molecule has 294 valence electrons. The second kappa shape index (κ2) is 16.0. The molecule has 15 nitrogen and oxygen atoms in total. The highest BCUT2D eigenvalue weighted by molar-refractivity contribution is 5.90. The van der Waals surface area contributed by atoms with Crippen molar-refractivity contribution in [3.05, 3.63) is 52.1 Å². The number of ether oxygens (including phenoxy) is 2. The Morgan fingerprint density at radius 2 is 1.57 bits per heavy atom. The van der Waals surface area contributed by atoms with E-state index in [1.807, 2.05) is 6.07 Å². The van der Waals surface area contributed by atoms with Crippen molar-refractivity contribution in [1.82, 2.24) is 29.6 Å². The number of piperazine rings is 1. The van der Waals surface area contributed by atoms with E-state index in [1.165, 1.54) is 28.5 Å². The Bertz CT molecular complexity index is 1770. The number of alkyl carbamates (subject to hydrolysis) is 1. The van der Waals surface area contributed by atoms with Gasteiger partial charge in [0.05, 0.1) is 5.69 Å². The normalized spacial score (nSPS) is 21.9. The molecule has 4 N–H and O–H groups in total. The molecule has 6 rings (SSSR count). The molecule has 1 aromatic carbocycles. The molecule has 4 aliphatic rings. The minimum atomic E-state index is -1.19. The number of fused-ring (bicyclic) bond motifs is 1. The summed E-state index contributed by atoms with van der Waals surface area (Å²) in [5.41, 5.74) is 6.16. The molecule has 2 aromatic rings. The van der Waals surface area contributed by atoms with Gasteiger partial charge in [0.1, 0.15) is 23.1 Å². The topological polar surface area (TPSA) is 181 Å². The molecule has 1 atom stereocenters. The number of nitrogens with zero attached hydrogens (tertiary/aromatic N) is 5. The first-order chi connectivity index (χ1) is 25.5. The maximum absolute atomic E-state index is 13.2. The van der Waals surface area contributed by atoms with Crippen molar-refractivity contribution in [2.45, 2.75) is 122 Å². The summed E-state index contributed by atoms with van der Waals surface area (Å²) in [5, 5.41) is 5.37. The fraction of sp³-hybridized carbons (Fsp3) is 0.641. The van der Waals surface area contributed by atoms with Crippen molar-refractivity contribution < 1.29 is 28.7 Å². The van der Waals surface area contributed by atoms with Crippen molar-refractivity contribution in [1.29, 1.82) is 0 Å². The number of urea groups is 1. The zero-order valence-electron chi connectivity index (χ0n) is 32.3. The number of hydrogen-bond acceptors (Lipinski definition) is 9. The number of carbonyl (C=O) groups is 4. The van der Waals surface area contributed by atoms with Crippen LogP contribution in [0.5, 0.6) is 0 Å². The summed E-state index contributed by atoms with van der Waals surface area (Å²) in [6.07, 6.45) is 9.41. The van der Waals surface area contributed by atoms with Gasteiger partial charge in [-0.2, -0.15) is 4.98 Å². The van der Waals surface area contributed by atoms with E-state index >= 15 is 0 Å². The number of aromatic nitrogens is 2. The summed E-state index contributed by atoms with van der Waals surface area (Å²) in [5.74, 6) is 0.647. The lowest BCUT2D eigenvalue weighted by molar-refractivity contribution is -0.138. The molecule has 0 bridgehead atoms. The summed E-state index contributed by atoms with van der Waals surface area (Å²) in [6.45, 7) is 10.7. The van der Waals surface area contributed by atoms with Crippen LogP contribution >= 0.6 is 0 Å². The zero-order chi connectivity index (χ0) is 38.8. The second-order valence-corrected chi connectivity index (χ2v) is 16.8. The predicted molar refractivity (Wildman–Crippen MR) is 202 cm³/mol. The second-order valence-electron chi connectivity index (χ2n) is 16.8. The monoisotopic (exact) mass is 748 g/mol. The van der Waals surface area contributed by atoms with Gasteiger partial charge in [-0.1, -0.05) is 6.07 Å². The number of nitrogens with one attached hydrogen (secondary N) is 2. The number of amides is 5. The smallest absolute Gasteiger partial charge is 0.408 e. The van der Waals surface area contributed by atoms with Gasteiger partial charge in [-0.3, -0.25) is 19.6 Å². The first kappa shape index (κ1) is 39.0. The number of aryl methyl sites for hydroxylation is 1. The number of rotatable bonds is 9. The first-order valence-corrected chi connectivity index (χ1v) is 19.3. The quantitative estimate of drug-likeness (QED) is 0.339. The molecule has 1 aromatic heterocycles. The number of primary amides is 1. The van der Waals surface area contributed by atoms with Crippen molar-refractivity contribution in [3.8, 4) is 5.69 Å². The van der Waals surface area contributed by atoms with E-state index in [0.29, 0.717) is 12.1 Å². The summed E-state index contributed by atoms with van der Waals surface area (Å²) in [4.78, 5) is 73.1. The summed E-state index contributed by atoms with van der Waals surface area (Å²) in [7, 11) is 0. The van der Waals surface area contributed by atoms with Gasteiger partial charge in [0.25, 0.3) is 0 Å². The van der Waals surface area contributed by atoms with Crippen molar-refractivity contribution in [3.63, 3.8) is 0 Å². The van der Waals surface area contributed by atoms with Gasteiger partial charge in [-0.25, -0.2) is 19.2 Å². The Morgan fingerprint density at radius 1 is 0.889 bits per heavy atom. The maximum atomic E-state index is 13.2. The minimum Gasteiger partial charge on any atom is -0.446 e. The van der Waals surface area contributed by atoms with Crippen LogP contribution < -0.4 is 22.1 Å². The highest BCUT2D eigenvalue weighted by Gasteiger charge is 2.38. The van der Waals surface area contributed by atoms with Crippen LogP contribution in [0.3, 0.4) is 0 Å². The summed E-state index contributed by atoms with van der Waals surface area (Å²) < 4.78 is 12.1. The highest BCUT2D eigenvalue weighted by atomic mass is 16.6. The van der Waals surface area contributed by atoms with Crippen LogP contribution in [0.15, 0.2) is 35.3 Å². The Labute approximate surface area is 316 Å². The molecule has 0 spiro atoms. The van der Waals surface area contributed by atoms with Gasteiger partial charge >= 0.3 is 23.9 Å². The average molecular weight is 749 g/mol. The average Bonchev–Trinajstić information content (AvgIpc) is 3.93. The SMILES string of the molecule is CC(C)(C)OC(=O)NC(C)(C)C(=O)N1CCN(C(=O)Nc2ccn(-c3ccc4c(c3)CCC(N(CC3CC3)C3CCC(OC(N)=O)CC3)C4)c(=O)n2)CC1. The molecule has 2 heterocycles. The lowest BCUT2D eigenvalue weighted by Crippen LogP contribution is -2.60. The Morgan fingerprint density at radius 3 is 2.20 bits per heavy atom. The van der Waals surface area contributed by atoms with Gasteiger partial charge in [-0.15, -0.1) is 0 Å². The van der Waals surface area contributed by atoms with Crippen LogP contribution in [0.1, 0.15) is 90.7 Å². The van der Waals surface area contributed by atoms with Crippen LogP contribution in [0, 0.1) is 5.92 Å². The van der Waals surface area contributed by atoms with E-state index in [1.54, 1.807) is 56.7 Å². The molecule has 2 saturated carbocycles. The van der Waals surface area contributed by atoms with E-state index < -0.39 is 35.0 Å². The van der Waals surface area contributed by atoms with Crippen molar-refractivity contribution in [2.24, 2.45) is 11.7 Å². The number of nitrogens with two attached hydrogens (primary N) is 1. The third kappa shape index (κ3) is 9.90. The van der Waals surface area contributed by atoms with Gasteiger partial charge in [-0.05, 0) is 128 Å². The molecular weight excluding hydrogens is 692 g/mol. The third-order valence-corrected chi connectivity index (χ3v) is 10.9. The van der Waals surface area contributed by atoms with E-state index in [4.69, 9.17) is 15.2 Å². The van der Waals surface area contributed by atoms with Crippen molar-refractivity contribution in [2.75, 3.05) is 38.0 Å². The van der Waals surface area contributed by atoms with Gasteiger partial charge < -0.3 is 30.3 Å². The molecule has 54 heavy (non-hydrogen) atoms. The number of anilines is 1. The number of benzene rings is 1. The summed E-state index contributed by atoms with van der Waals surface area (Å²) in [6, 6.07) is 8.30. The largest absolute Gasteiger partial charge is 0.446 e. The van der Waals surface area contributed by atoms with Crippen LogP contribution in [0.4, 0.5) is 20.2 Å². The van der Waals surface area contributed by atoms with Crippen LogP contribution in [-0.4, -0.2) is 110 Å². The summed E-state index contributed by atoms with van der Waals surface area (Å²) >= 11 is 0. The number of carbonyl (C=O) groups excluding carboxylic acids is 4. The fourth-order valence-corrected chi connectivity index (χ4v) is 7.99. The lowest BCUT2D eigenvalue weighted by atomic mass is 9.84. The fourth-order valence-electron chi connectivity index (χ4n) is 7.99. The molecule has 3 fully saturated rings.